The number of hydrogen-bond donors (Lipinski definition) is 0. The van der Waals surface area contributed by atoms with Gasteiger partial charge in [-0.1, -0.05) is 18.1 Å². The zero-order chi connectivity index (χ0) is 14.1. The van der Waals surface area contributed by atoms with Crippen LogP contribution in [0.25, 0.3) is 0 Å². The summed E-state index contributed by atoms with van der Waals surface area (Å²) in [6.45, 7) is 1.17. The first-order chi connectivity index (χ1) is 9.69. The number of para-hydroxylation sites is 2. The number of hydrogen-bond acceptors (Lipinski definition) is 3. The van der Waals surface area contributed by atoms with E-state index in [1.54, 1.807) is 17.0 Å². The van der Waals surface area contributed by atoms with Gasteiger partial charge in [-0.2, -0.15) is 0 Å². The molecule has 0 unspecified atom stereocenters. The molecule has 5 nitrogen and oxygen atoms in total. The smallest absolute Gasteiger partial charge is 0.265 e. The molecule has 0 N–H and O–H groups in total. The van der Waals surface area contributed by atoms with Crippen molar-refractivity contribution in [2.45, 2.75) is 0 Å². The molecule has 0 aliphatic carbocycles. The third-order valence-corrected chi connectivity index (χ3v) is 3.57. The number of nitrogens with zero attached hydrogens (tertiary/aromatic N) is 2. The third-order valence-electron chi connectivity index (χ3n) is 3.57. The highest BCUT2D eigenvalue weighted by atomic mass is 16.5. The van der Waals surface area contributed by atoms with E-state index in [0.717, 1.165) is 0 Å². The molecule has 0 saturated carbocycles. The van der Waals surface area contributed by atoms with Gasteiger partial charge in [0.05, 0.1) is 11.6 Å². The van der Waals surface area contributed by atoms with Crippen molar-refractivity contribution < 1.29 is 14.3 Å². The van der Waals surface area contributed by atoms with Crippen molar-refractivity contribution in [1.29, 1.82) is 0 Å². The van der Waals surface area contributed by atoms with Gasteiger partial charge in [0.25, 0.3) is 5.91 Å². The van der Waals surface area contributed by atoms with Crippen molar-refractivity contribution in [3.05, 3.63) is 24.3 Å². The molecule has 102 valence electrons. The van der Waals surface area contributed by atoms with E-state index in [-0.39, 0.29) is 30.9 Å². The SMILES string of the molecule is C#CC1CN(C(=O)CN2C(=O)COc3ccccc32)C1. The molecule has 1 aromatic carbocycles. The van der Waals surface area contributed by atoms with E-state index in [0.29, 0.717) is 24.5 Å². The number of rotatable bonds is 2. The molecule has 20 heavy (non-hydrogen) atoms. The fourth-order valence-corrected chi connectivity index (χ4v) is 2.35. The van der Waals surface area contributed by atoms with Gasteiger partial charge in [0.15, 0.2) is 6.61 Å². The van der Waals surface area contributed by atoms with Crippen LogP contribution in [0.2, 0.25) is 0 Å². The van der Waals surface area contributed by atoms with Gasteiger partial charge in [-0.3, -0.25) is 14.5 Å². The molecule has 0 aromatic heterocycles. The van der Waals surface area contributed by atoms with E-state index in [4.69, 9.17) is 11.2 Å². The first kappa shape index (κ1) is 12.5. The number of benzene rings is 1. The maximum absolute atomic E-state index is 12.1. The van der Waals surface area contributed by atoms with E-state index in [1.165, 1.54) is 4.90 Å². The highest BCUT2D eigenvalue weighted by Gasteiger charge is 2.33. The Hall–Kier alpha value is -2.48. The fraction of sp³-hybridized carbons (Fsp3) is 0.333. The summed E-state index contributed by atoms with van der Waals surface area (Å²) >= 11 is 0. The molecule has 0 bridgehead atoms. The average Bonchev–Trinajstić information content (AvgIpc) is 2.41. The maximum atomic E-state index is 12.1. The minimum atomic E-state index is -0.203. The number of terminal acetylenes is 1. The summed E-state index contributed by atoms with van der Waals surface area (Å²) in [4.78, 5) is 27.2. The zero-order valence-corrected chi connectivity index (χ0v) is 10.9. The molecule has 1 fully saturated rings. The van der Waals surface area contributed by atoms with Gasteiger partial charge in [-0.15, -0.1) is 6.42 Å². The largest absolute Gasteiger partial charge is 0.482 e. The minimum absolute atomic E-state index is 0.0305. The summed E-state index contributed by atoms with van der Waals surface area (Å²) in [5.41, 5.74) is 0.645. The Morgan fingerprint density at radius 2 is 2.15 bits per heavy atom. The summed E-state index contributed by atoms with van der Waals surface area (Å²) in [5, 5.41) is 0. The van der Waals surface area contributed by atoms with Crippen LogP contribution in [0.15, 0.2) is 24.3 Å². The van der Waals surface area contributed by atoms with Crippen molar-refractivity contribution in [2.24, 2.45) is 5.92 Å². The maximum Gasteiger partial charge on any atom is 0.265 e. The molecule has 2 aliphatic rings. The van der Waals surface area contributed by atoms with E-state index in [2.05, 4.69) is 5.92 Å². The molecule has 2 amide bonds. The van der Waals surface area contributed by atoms with E-state index in [9.17, 15) is 9.59 Å². The van der Waals surface area contributed by atoms with E-state index in [1.807, 2.05) is 12.1 Å². The molecule has 0 spiro atoms. The molecule has 0 atom stereocenters. The quantitative estimate of drug-likeness (QED) is 0.735. The molecule has 1 aromatic rings. The van der Waals surface area contributed by atoms with Gasteiger partial charge in [0.2, 0.25) is 5.91 Å². The molecular weight excluding hydrogens is 256 g/mol. The lowest BCUT2D eigenvalue weighted by Crippen LogP contribution is -2.54. The standard InChI is InChI=1S/C15H14N2O3/c1-2-11-7-16(8-11)14(18)9-17-12-5-3-4-6-13(12)20-10-15(17)19/h1,3-6,11H,7-10H2. The van der Waals surface area contributed by atoms with Gasteiger partial charge in [0, 0.05) is 13.1 Å². The van der Waals surface area contributed by atoms with Gasteiger partial charge in [-0.25, -0.2) is 0 Å². The van der Waals surface area contributed by atoms with Crippen LogP contribution in [0.1, 0.15) is 0 Å². The number of anilines is 1. The second kappa shape index (κ2) is 4.89. The fourth-order valence-electron chi connectivity index (χ4n) is 2.35. The summed E-state index contributed by atoms with van der Waals surface area (Å²) in [6, 6.07) is 7.22. The Balaban J connectivity index is 1.73. The predicted molar refractivity (Wildman–Crippen MR) is 73.2 cm³/mol. The Kier molecular flexibility index (Phi) is 3.07. The first-order valence-corrected chi connectivity index (χ1v) is 6.45. The number of carbonyl (C=O) groups excluding carboxylic acids is 2. The van der Waals surface area contributed by atoms with Crippen LogP contribution in [0, 0.1) is 18.3 Å². The van der Waals surface area contributed by atoms with Crippen molar-refractivity contribution >= 4 is 17.5 Å². The second-order valence-electron chi connectivity index (χ2n) is 4.90. The molecule has 0 radical (unpaired) electrons. The average molecular weight is 270 g/mol. The number of carbonyl (C=O) groups is 2. The van der Waals surface area contributed by atoms with E-state index >= 15 is 0 Å². The molecule has 3 rings (SSSR count). The van der Waals surface area contributed by atoms with Crippen LogP contribution in [0.5, 0.6) is 5.75 Å². The topological polar surface area (TPSA) is 49.9 Å². The van der Waals surface area contributed by atoms with E-state index < -0.39 is 0 Å². The summed E-state index contributed by atoms with van der Waals surface area (Å²) in [5.74, 6) is 3.11. The Bertz CT molecular complexity index is 599. The van der Waals surface area contributed by atoms with Gasteiger partial charge < -0.3 is 9.64 Å². The number of likely N-dealkylation sites (tertiary alicyclic amines) is 1. The lowest BCUT2D eigenvalue weighted by atomic mass is 10.0. The van der Waals surface area contributed by atoms with Gasteiger partial charge in [0.1, 0.15) is 12.3 Å². The van der Waals surface area contributed by atoms with Crippen molar-refractivity contribution in [1.82, 2.24) is 4.90 Å². The van der Waals surface area contributed by atoms with Crippen LogP contribution in [0.3, 0.4) is 0 Å². The predicted octanol–water partition coefficient (Wildman–Crippen LogP) is 0.504. The lowest BCUT2D eigenvalue weighted by Gasteiger charge is -2.38. The molecule has 5 heteroatoms. The highest BCUT2D eigenvalue weighted by Crippen LogP contribution is 2.31. The highest BCUT2D eigenvalue weighted by molar-refractivity contribution is 6.02. The van der Waals surface area contributed by atoms with Crippen LogP contribution >= 0.6 is 0 Å². The van der Waals surface area contributed by atoms with Crippen LogP contribution in [0.4, 0.5) is 5.69 Å². The second-order valence-corrected chi connectivity index (χ2v) is 4.90. The number of ether oxygens (including phenoxy) is 1. The molecule has 2 aliphatic heterocycles. The minimum Gasteiger partial charge on any atom is -0.482 e. The molecule has 1 saturated heterocycles. The normalized spacial score (nSPS) is 17.9. The first-order valence-electron chi connectivity index (χ1n) is 6.45. The Labute approximate surface area is 117 Å². The third kappa shape index (κ3) is 2.10. The number of amides is 2. The van der Waals surface area contributed by atoms with Gasteiger partial charge in [-0.05, 0) is 12.1 Å². The van der Waals surface area contributed by atoms with Crippen LogP contribution in [-0.4, -0.2) is 43.0 Å². The molecular formula is C15H14N2O3. The van der Waals surface area contributed by atoms with Crippen molar-refractivity contribution in [3.8, 4) is 18.1 Å². The monoisotopic (exact) mass is 270 g/mol. The van der Waals surface area contributed by atoms with Gasteiger partial charge >= 0.3 is 0 Å². The van der Waals surface area contributed by atoms with Crippen molar-refractivity contribution in [3.63, 3.8) is 0 Å². The molecule has 2 heterocycles. The zero-order valence-electron chi connectivity index (χ0n) is 10.9. The Morgan fingerprint density at radius 1 is 1.40 bits per heavy atom. The number of fused-ring (bicyclic) bond motifs is 1. The van der Waals surface area contributed by atoms with Crippen LogP contribution < -0.4 is 9.64 Å². The summed E-state index contributed by atoms with van der Waals surface area (Å²) in [6.07, 6.45) is 5.30. The lowest BCUT2D eigenvalue weighted by molar-refractivity contribution is -0.136. The van der Waals surface area contributed by atoms with Crippen molar-refractivity contribution in [2.75, 3.05) is 31.1 Å². The van der Waals surface area contributed by atoms with Crippen LogP contribution in [-0.2, 0) is 9.59 Å². The Morgan fingerprint density at radius 3 is 2.90 bits per heavy atom. The summed E-state index contributed by atoms with van der Waals surface area (Å²) < 4.78 is 5.34. The summed E-state index contributed by atoms with van der Waals surface area (Å²) in [7, 11) is 0.